The zero-order valence-electron chi connectivity index (χ0n) is 7.89. The molecule has 0 saturated carbocycles. The fourth-order valence-corrected chi connectivity index (χ4v) is 1.55. The lowest BCUT2D eigenvalue weighted by atomic mass is 9.84. The molecule has 1 heterocycles. The average Bonchev–Trinajstić information content (AvgIpc) is 2.01. The third-order valence-corrected chi connectivity index (χ3v) is 2.25. The summed E-state index contributed by atoms with van der Waals surface area (Å²) >= 11 is 0. The molecule has 1 N–H and O–H groups in total. The predicted octanol–water partition coefficient (Wildman–Crippen LogP) is 1.33. The zero-order valence-corrected chi connectivity index (χ0v) is 7.89. The summed E-state index contributed by atoms with van der Waals surface area (Å²) in [7, 11) is 0. The lowest BCUT2D eigenvalue weighted by Gasteiger charge is -2.29. The standard InChI is InChI=1S/C10H13NO2/c1-10(2)4-3-8-7(5-10)11-9(12)6-13-8/h3,5H,4,6H2,1-2H3,(H,11,12). The van der Waals surface area contributed by atoms with E-state index in [4.69, 9.17) is 4.74 Å². The SMILES string of the molecule is CC1(C)C=C2NC(=O)COC2=CC1. The smallest absolute Gasteiger partial charge is 0.262 e. The quantitative estimate of drug-likeness (QED) is 0.609. The Hall–Kier alpha value is -1.25. The molecule has 0 aromatic carbocycles. The van der Waals surface area contributed by atoms with E-state index in [0.717, 1.165) is 17.9 Å². The molecule has 0 radical (unpaired) electrons. The van der Waals surface area contributed by atoms with Gasteiger partial charge in [0.15, 0.2) is 6.61 Å². The second-order valence-corrected chi connectivity index (χ2v) is 4.16. The fraction of sp³-hybridized carbons (Fsp3) is 0.500. The predicted molar refractivity (Wildman–Crippen MR) is 48.7 cm³/mol. The van der Waals surface area contributed by atoms with Crippen LogP contribution in [0, 0.1) is 5.41 Å². The molecule has 0 aromatic rings. The second kappa shape index (κ2) is 2.62. The number of allylic oxidation sites excluding steroid dienone is 2. The van der Waals surface area contributed by atoms with E-state index in [1.807, 2.05) is 6.08 Å². The number of morpholine rings is 1. The van der Waals surface area contributed by atoms with Crippen molar-refractivity contribution in [3.8, 4) is 0 Å². The van der Waals surface area contributed by atoms with Gasteiger partial charge in [0.1, 0.15) is 5.76 Å². The van der Waals surface area contributed by atoms with Gasteiger partial charge < -0.3 is 10.1 Å². The minimum absolute atomic E-state index is 0.0684. The van der Waals surface area contributed by atoms with E-state index >= 15 is 0 Å². The van der Waals surface area contributed by atoms with Crippen molar-refractivity contribution in [3.63, 3.8) is 0 Å². The highest BCUT2D eigenvalue weighted by atomic mass is 16.5. The van der Waals surface area contributed by atoms with Gasteiger partial charge in [-0.05, 0) is 17.9 Å². The molecule has 0 bridgehead atoms. The van der Waals surface area contributed by atoms with Crippen LogP contribution in [0.2, 0.25) is 0 Å². The van der Waals surface area contributed by atoms with Crippen LogP contribution < -0.4 is 5.32 Å². The molecule has 0 atom stereocenters. The van der Waals surface area contributed by atoms with Crippen molar-refractivity contribution in [1.82, 2.24) is 5.32 Å². The number of rotatable bonds is 0. The summed E-state index contributed by atoms with van der Waals surface area (Å²) in [5.41, 5.74) is 0.944. The van der Waals surface area contributed by atoms with Crippen molar-refractivity contribution in [3.05, 3.63) is 23.6 Å². The van der Waals surface area contributed by atoms with Crippen LogP contribution >= 0.6 is 0 Å². The first-order valence-electron chi connectivity index (χ1n) is 4.43. The molecule has 13 heavy (non-hydrogen) atoms. The third kappa shape index (κ3) is 1.59. The average molecular weight is 179 g/mol. The largest absolute Gasteiger partial charge is 0.482 e. The van der Waals surface area contributed by atoms with E-state index in [2.05, 4.69) is 25.2 Å². The van der Waals surface area contributed by atoms with Crippen LogP contribution in [0.4, 0.5) is 0 Å². The van der Waals surface area contributed by atoms with Gasteiger partial charge in [-0.2, -0.15) is 0 Å². The van der Waals surface area contributed by atoms with E-state index in [0.29, 0.717) is 0 Å². The van der Waals surface area contributed by atoms with Crippen molar-refractivity contribution >= 4 is 5.91 Å². The molecule has 3 heteroatoms. The molecule has 0 aromatic heterocycles. The van der Waals surface area contributed by atoms with Crippen LogP contribution in [0.5, 0.6) is 0 Å². The topological polar surface area (TPSA) is 38.3 Å². The first-order valence-corrected chi connectivity index (χ1v) is 4.43. The van der Waals surface area contributed by atoms with Gasteiger partial charge in [-0.1, -0.05) is 19.9 Å². The van der Waals surface area contributed by atoms with E-state index in [-0.39, 0.29) is 17.9 Å². The van der Waals surface area contributed by atoms with E-state index in [1.54, 1.807) is 0 Å². The van der Waals surface area contributed by atoms with Gasteiger partial charge >= 0.3 is 0 Å². The highest BCUT2D eigenvalue weighted by Gasteiger charge is 2.26. The highest BCUT2D eigenvalue weighted by molar-refractivity contribution is 5.81. The summed E-state index contributed by atoms with van der Waals surface area (Å²) < 4.78 is 5.27. The minimum Gasteiger partial charge on any atom is -0.482 e. The Kier molecular flexibility index (Phi) is 1.68. The highest BCUT2D eigenvalue weighted by Crippen LogP contribution is 2.32. The number of carbonyl (C=O) groups excluding carboxylic acids is 1. The normalized spacial score (nSPS) is 24.9. The van der Waals surface area contributed by atoms with Gasteiger partial charge in [0, 0.05) is 0 Å². The second-order valence-electron chi connectivity index (χ2n) is 4.16. The molecule has 1 amide bonds. The maximum Gasteiger partial charge on any atom is 0.262 e. The molecule has 1 aliphatic heterocycles. The fourth-order valence-electron chi connectivity index (χ4n) is 1.55. The molecule has 3 nitrogen and oxygen atoms in total. The summed E-state index contributed by atoms with van der Waals surface area (Å²) in [5, 5.41) is 2.80. The van der Waals surface area contributed by atoms with Gasteiger partial charge in [0.05, 0.1) is 5.70 Å². The lowest BCUT2D eigenvalue weighted by Crippen LogP contribution is -2.36. The molecule has 2 aliphatic rings. The van der Waals surface area contributed by atoms with Crippen LogP contribution in [0.25, 0.3) is 0 Å². The van der Waals surface area contributed by atoms with Crippen molar-refractivity contribution in [2.45, 2.75) is 20.3 Å². The molecular weight excluding hydrogens is 166 g/mol. The molecule has 0 unspecified atom stereocenters. The van der Waals surface area contributed by atoms with Gasteiger partial charge in [0.2, 0.25) is 0 Å². The molecule has 2 rings (SSSR count). The van der Waals surface area contributed by atoms with Crippen LogP contribution in [-0.4, -0.2) is 12.5 Å². The van der Waals surface area contributed by atoms with E-state index in [1.165, 1.54) is 0 Å². The Labute approximate surface area is 77.5 Å². The summed E-state index contributed by atoms with van der Waals surface area (Å²) in [5.74, 6) is 0.750. The number of nitrogens with one attached hydrogen (secondary N) is 1. The Morgan fingerprint density at radius 2 is 2.31 bits per heavy atom. The zero-order chi connectivity index (χ0) is 9.47. The van der Waals surface area contributed by atoms with Crippen LogP contribution in [0.1, 0.15) is 20.3 Å². The summed E-state index contributed by atoms with van der Waals surface area (Å²) in [6, 6.07) is 0. The first-order chi connectivity index (χ1) is 6.07. The number of amides is 1. The molecule has 0 spiro atoms. The Morgan fingerprint density at radius 3 is 3.08 bits per heavy atom. The number of hydrogen-bond acceptors (Lipinski definition) is 2. The molecule has 1 fully saturated rings. The van der Waals surface area contributed by atoms with Crippen molar-refractivity contribution in [1.29, 1.82) is 0 Å². The van der Waals surface area contributed by atoms with Crippen molar-refractivity contribution < 1.29 is 9.53 Å². The molecule has 1 aliphatic carbocycles. The Balaban J connectivity index is 2.28. The van der Waals surface area contributed by atoms with E-state index in [9.17, 15) is 4.79 Å². The summed E-state index contributed by atoms with van der Waals surface area (Å²) in [6.07, 6.45) is 5.05. The maximum absolute atomic E-state index is 11.0. The summed E-state index contributed by atoms with van der Waals surface area (Å²) in [6.45, 7) is 4.41. The van der Waals surface area contributed by atoms with Gasteiger partial charge in [-0.15, -0.1) is 0 Å². The number of fused-ring (bicyclic) bond motifs is 1. The molecule has 70 valence electrons. The van der Waals surface area contributed by atoms with Gasteiger partial charge in [-0.25, -0.2) is 0 Å². The van der Waals surface area contributed by atoms with Crippen LogP contribution in [0.3, 0.4) is 0 Å². The van der Waals surface area contributed by atoms with Gasteiger partial charge in [-0.3, -0.25) is 4.79 Å². The Morgan fingerprint density at radius 1 is 1.54 bits per heavy atom. The van der Waals surface area contributed by atoms with Gasteiger partial charge in [0.25, 0.3) is 5.91 Å². The minimum atomic E-state index is -0.0684. The molecular formula is C10H13NO2. The number of carbonyl (C=O) groups is 1. The van der Waals surface area contributed by atoms with Crippen LogP contribution in [-0.2, 0) is 9.53 Å². The first kappa shape index (κ1) is 8.35. The maximum atomic E-state index is 11.0. The third-order valence-electron chi connectivity index (χ3n) is 2.25. The number of ether oxygens (including phenoxy) is 1. The van der Waals surface area contributed by atoms with E-state index < -0.39 is 0 Å². The van der Waals surface area contributed by atoms with Crippen molar-refractivity contribution in [2.75, 3.05) is 6.61 Å². The van der Waals surface area contributed by atoms with Crippen molar-refractivity contribution in [2.24, 2.45) is 5.41 Å². The number of hydrogen-bond donors (Lipinski definition) is 1. The Bertz CT molecular complexity index is 313. The van der Waals surface area contributed by atoms with Crippen LogP contribution in [0.15, 0.2) is 23.6 Å². The lowest BCUT2D eigenvalue weighted by molar-refractivity contribution is -0.125. The molecule has 1 saturated heterocycles. The monoisotopic (exact) mass is 179 g/mol. The summed E-state index contributed by atoms with van der Waals surface area (Å²) in [4.78, 5) is 11.0.